The average Bonchev–Trinajstić information content (AvgIpc) is 2.99. The topological polar surface area (TPSA) is 74.3 Å². The molecule has 0 bridgehead atoms. The van der Waals surface area contributed by atoms with Gasteiger partial charge in [-0.05, 0) is 100 Å². The van der Waals surface area contributed by atoms with E-state index in [2.05, 4.69) is 78.8 Å². The highest BCUT2D eigenvalue weighted by Gasteiger charge is 2.47. The summed E-state index contributed by atoms with van der Waals surface area (Å²) in [5.74, 6) is 3.50. The molecule has 0 N–H and O–H groups in total. The molecule has 0 fully saturated rings. The summed E-state index contributed by atoms with van der Waals surface area (Å²) in [4.78, 5) is 29.7. The first kappa shape index (κ1) is 44.5. The van der Waals surface area contributed by atoms with E-state index in [1.807, 2.05) is 78.0 Å². The molecule has 9 heteroatoms. The molecule has 0 heterocycles. The summed E-state index contributed by atoms with van der Waals surface area (Å²) in [5.41, 5.74) is 5.91. The normalized spacial score (nSPS) is 20.2. The fraction of sp³-hybridized carbons (Fsp3) is 0.667. The number of esters is 1. The van der Waals surface area contributed by atoms with Crippen LogP contribution in [0.4, 0.5) is 4.79 Å². The van der Waals surface area contributed by atoms with Crippen molar-refractivity contribution in [1.29, 1.82) is 0 Å². The highest BCUT2D eigenvalue weighted by atomic mass is 28.4. The Hall–Kier alpha value is -2.65. The second kappa shape index (κ2) is 18.4. The van der Waals surface area contributed by atoms with Crippen LogP contribution in [0.1, 0.15) is 94.2 Å². The molecule has 1 aromatic carbocycles. The molecule has 5 atom stereocenters. The molecular formula is C42H69NO6Si2. The maximum Gasteiger partial charge on any atom is 0.415 e. The lowest BCUT2D eigenvalue weighted by Crippen LogP contribution is -2.48. The van der Waals surface area contributed by atoms with E-state index in [-0.39, 0.29) is 46.9 Å². The highest BCUT2D eigenvalue weighted by molar-refractivity contribution is 6.83. The van der Waals surface area contributed by atoms with Gasteiger partial charge in [-0.1, -0.05) is 90.5 Å². The second-order valence-corrected chi connectivity index (χ2v) is 27.3. The van der Waals surface area contributed by atoms with Crippen LogP contribution in [0.25, 0.3) is 0 Å². The zero-order valence-electron chi connectivity index (χ0n) is 34.9. The summed E-state index contributed by atoms with van der Waals surface area (Å²) in [7, 11) is -2.32. The highest BCUT2D eigenvalue weighted by Crippen LogP contribution is 2.47. The van der Waals surface area contributed by atoms with Gasteiger partial charge in [0.1, 0.15) is 19.9 Å². The molecule has 1 aliphatic carbocycles. The van der Waals surface area contributed by atoms with Crippen molar-refractivity contribution in [2.24, 2.45) is 23.7 Å². The molecule has 0 aliphatic heterocycles. The van der Waals surface area contributed by atoms with E-state index < -0.39 is 34.6 Å². The molecule has 0 spiro atoms. The molecule has 0 saturated carbocycles. The lowest BCUT2D eigenvalue weighted by molar-refractivity contribution is -0.162. The minimum atomic E-state index is -2.16. The van der Waals surface area contributed by atoms with E-state index >= 15 is 0 Å². The van der Waals surface area contributed by atoms with Crippen LogP contribution in [-0.4, -0.2) is 65.3 Å². The Balaban J connectivity index is 2.88. The number of hydrogen-bond acceptors (Lipinski definition) is 6. The summed E-state index contributed by atoms with van der Waals surface area (Å²) in [6.07, 6.45) is 0.590. The van der Waals surface area contributed by atoms with Crippen LogP contribution in [0.2, 0.25) is 37.8 Å². The van der Waals surface area contributed by atoms with Crippen molar-refractivity contribution in [2.45, 2.75) is 145 Å². The summed E-state index contributed by atoms with van der Waals surface area (Å²) in [6.45, 7) is 34.9. The van der Waals surface area contributed by atoms with Gasteiger partial charge in [0.25, 0.3) is 0 Å². The summed E-state index contributed by atoms with van der Waals surface area (Å²) in [6, 6.07) is 9.36. The van der Waals surface area contributed by atoms with Crippen molar-refractivity contribution in [3.63, 3.8) is 0 Å². The maximum atomic E-state index is 14.2. The van der Waals surface area contributed by atoms with Gasteiger partial charge in [-0.15, -0.1) is 5.54 Å². The Kier molecular flexibility index (Phi) is 16.1. The standard InChI is InChI=1S/C42H69NO6Si2/c1-28(2)34-26-36(49-41(45)43(29(3)4)30(5)6)32(8)38(35(34)27-47-51(16,17)42(9,10)11)37(25-31(7)23-24-50(13,14)15)48-40(44)39(46-12)33-21-19-18-20-22-33/h18-22,25,28-30,34-35,37-39H,26-27H2,1-17H3/b31-25+/t34-,35-,37-,38+,39+/m1/s1. The minimum Gasteiger partial charge on any atom is -0.455 e. The van der Waals surface area contributed by atoms with Crippen LogP contribution < -0.4 is 0 Å². The number of allylic oxidation sites excluding steroid dienone is 2. The lowest BCUT2D eigenvalue weighted by atomic mass is 9.66. The Morgan fingerprint density at radius 3 is 2.02 bits per heavy atom. The number of methoxy groups -OCH3 is 1. The zero-order valence-corrected chi connectivity index (χ0v) is 36.9. The summed E-state index contributed by atoms with van der Waals surface area (Å²) >= 11 is 0. The van der Waals surface area contributed by atoms with Crippen LogP contribution in [0.15, 0.2) is 53.3 Å². The second-order valence-electron chi connectivity index (χ2n) is 17.7. The molecule has 7 nitrogen and oxygen atoms in total. The molecule has 51 heavy (non-hydrogen) atoms. The third kappa shape index (κ3) is 12.5. The van der Waals surface area contributed by atoms with Crippen molar-refractivity contribution in [1.82, 2.24) is 4.90 Å². The summed E-state index contributed by atoms with van der Waals surface area (Å²) in [5, 5.41) is 0.0172. The van der Waals surface area contributed by atoms with E-state index in [9.17, 15) is 9.59 Å². The van der Waals surface area contributed by atoms with Crippen molar-refractivity contribution in [2.75, 3.05) is 13.7 Å². The Bertz CT molecular complexity index is 1430. The van der Waals surface area contributed by atoms with Gasteiger partial charge in [0, 0.05) is 38.1 Å². The van der Waals surface area contributed by atoms with Crippen LogP contribution in [-0.2, 0) is 23.4 Å². The molecule has 1 amide bonds. The van der Waals surface area contributed by atoms with Gasteiger partial charge in [0.2, 0.25) is 0 Å². The number of carbonyl (C=O) groups is 2. The van der Waals surface area contributed by atoms with Crippen molar-refractivity contribution in [3.05, 3.63) is 58.9 Å². The van der Waals surface area contributed by atoms with Crippen molar-refractivity contribution >= 4 is 28.5 Å². The van der Waals surface area contributed by atoms with Gasteiger partial charge >= 0.3 is 12.1 Å². The third-order valence-electron chi connectivity index (χ3n) is 10.4. The number of nitrogens with zero attached hydrogens (tertiary/aromatic N) is 1. The Labute approximate surface area is 313 Å². The SMILES string of the molecule is CO[C@H](C(=O)O[C@H](/C=C(\C)C#C[Si](C)(C)C)[C@H]1C(C)=C(OC(=O)N(C(C)C)C(C)C)C[C@H](C(C)C)[C@H]1CO[Si](C)(C)C(C)(C)C)c1ccccc1. The minimum absolute atomic E-state index is 0.0172. The van der Waals surface area contributed by atoms with Crippen LogP contribution in [0, 0.1) is 35.1 Å². The molecule has 1 aliphatic rings. The Morgan fingerprint density at radius 1 is 0.980 bits per heavy atom. The largest absolute Gasteiger partial charge is 0.455 e. The quantitative estimate of drug-likeness (QED) is 0.114. The number of hydrogen-bond donors (Lipinski definition) is 0. The van der Waals surface area contributed by atoms with E-state index in [1.54, 1.807) is 4.90 Å². The number of ether oxygens (including phenoxy) is 3. The molecule has 0 aromatic heterocycles. The van der Waals surface area contributed by atoms with Gasteiger partial charge < -0.3 is 23.5 Å². The van der Waals surface area contributed by atoms with Gasteiger partial charge in [0.05, 0.1) is 0 Å². The van der Waals surface area contributed by atoms with E-state index in [1.165, 1.54) is 7.11 Å². The fourth-order valence-corrected chi connectivity index (χ4v) is 8.16. The van der Waals surface area contributed by atoms with Gasteiger partial charge in [0.15, 0.2) is 14.4 Å². The molecule has 2 rings (SSSR count). The van der Waals surface area contributed by atoms with E-state index in [0.29, 0.717) is 24.4 Å². The van der Waals surface area contributed by atoms with E-state index in [4.69, 9.17) is 18.6 Å². The number of rotatable bonds is 13. The number of carbonyl (C=O) groups excluding carboxylic acids is 2. The molecule has 1 aromatic rings. The first-order valence-electron chi connectivity index (χ1n) is 18.7. The van der Waals surface area contributed by atoms with Crippen LogP contribution >= 0.6 is 0 Å². The zero-order chi connectivity index (χ0) is 39.1. The van der Waals surface area contributed by atoms with Crippen molar-refractivity contribution < 1.29 is 28.2 Å². The van der Waals surface area contributed by atoms with E-state index in [0.717, 1.165) is 11.1 Å². The van der Waals surface area contributed by atoms with Gasteiger partial charge in [-0.3, -0.25) is 0 Å². The van der Waals surface area contributed by atoms with Gasteiger partial charge in [-0.2, -0.15) is 0 Å². The Morgan fingerprint density at radius 2 is 1.55 bits per heavy atom. The predicted octanol–water partition coefficient (Wildman–Crippen LogP) is 10.6. The number of benzene rings is 1. The van der Waals surface area contributed by atoms with Crippen molar-refractivity contribution in [3.8, 4) is 11.5 Å². The molecule has 0 unspecified atom stereocenters. The fourth-order valence-electron chi connectivity index (χ4n) is 6.54. The first-order chi connectivity index (χ1) is 23.4. The molecule has 0 saturated heterocycles. The smallest absolute Gasteiger partial charge is 0.415 e. The lowest BCUT2D eigenvalue weighted by Gasteiger charge is -2.46. The first-order valence-corrected chi connectivity index (χ1v) is 25.2. The monoisotopic (exact) mass is 739 g/mol. The van der Waals surface area contributed by atoms with Crippen LogP contribution in [0.5, 0.6) is 0 Å². The van der Waals surface area contributed by atoms with Gasteiger partial charge in [-0.25, -0.2) is 9.59 Å². The maximum absolute atomic E-state index is 14.2. The number of amides is 1. The molecule has 286 valence electrons. The summed E-state index contributed by atoms with van der Waals surface area (Å²) < 4.78 is 25.7. The molecule has 0 radical (unpaired) electrons. The molecular weight excluding hydrogens is 671 g/mol. The predicted molar refractivity (Wildman–Crippen MR) is 215 cm³/mol. The third-order valence-corrected chi connectivity index (χ3v) is 15.8. The average molecular weight is 740 g/mol. The van der Waals surface area contributed by atoms with Crippen LogP contribution in [0.3, 0.4) is 0 Å².